The maximum Gasteiger partial charge on any atom is 0.0198 e. The number of hydrogen-bond acceptors (Lipinski definition) is 2. The Balaban J connectivity index is 3.84. The van der Waals surface area contributed by atoms with E-state index >= 15 is 0 Å². The lowest BCUT2D eigenvalue weighted by molar-refractivity contribution is 0.490. The van der Waals surface area contributed by atoms with E-state index in [0.717, 1.165) is 5.25 Å². The largest absolute Gasteiger partial charge is 0.316 e. The second kappa shape index (κ2) is 7.93. The summed E-state index contributed by atoms with van der Waals surface area (Å²) in [6, 6.07) is 0.713. The smallest absolute Gasteiger partial charge is 0.0198 e. The molecule has 0 fully saturated rings. The van der Waals surface area contributed by atoms with Gasteiger partial charge in [0.1, 0.15) is 0 Å². The molecule has 2 heteroatoms. The van der Waals surface area contributed by atoms with Gasteiger partial charge in [0.05, 0.1) is 0 Å². The molecule has 74 valence electrons. The van der Waals surface area contributed by atoms with Crippen molar-refractivity contribution in [2.75, 3.05) is 12.8 Å². The molecular formula is C10H23NS. The Kier molecular flexibility index (Phi) is 8.14. The van der Waals surface area contributed by atoms with Crippen molar-refractivity contribution in [3.05, 3.63) is 0 Å². The van der Waals surface area contributed by atoms with Crippen molar-refractivity contribution >= 4 is 11.8 Å². The van der Waals surface area contributed by atoms with Gasteiger partial charge in [-0.15, -0.1) is 0 Å². The molecule has 0 heterocycles. The van der Waals surface area contributed by atoms with Gasteiger partial charge in [-0.2, -0.15) is 11.8 Å². The van der Waals surface area contributed by atoms with E-state index in [1.54, 1.807) is 0 Å². The third-order valence-electron chi connectivity index (χ3n) is 2.20. The van der Waals surface area contributed by atoms with Crippen LogP contribution in [-0.2, 0) is 0 Å². The third-order valence-corrected chi connectivity index (χ3v) is 3.63. The van der Waals surface area contributed by atoms with Crippen molar-refractivity contribution in [2.45, 2.75) is 51.3 Å². The number of hydrogen-bond donors (Lipinski definition) is 1. The Bertz CT molecular complexity index is 83.8. The predicted molar refractivity (Wildman–Crippen MR) is 60.0 cm³/mol. The summed E-state index contributed by atoms with van der Waals surface area (Å²) in [5.41, 5.74) is 0. The van der Waals surface area contributed by atoms with Crippen LogP contribution >= 0.6 is 11.8 Å². The van der Waals surface area contributed by atoms with Gasteiger partial charge >= 0.3 is 0 Å². The van der Waals surface area contributed by atoms with Crippen LogP contribution in [0, 0.1) is 0 Å². The predicted octanol–water partition coefficient (Wildman–Crippen LogP) is 2.91. The fourth-order valence-electron chi connectivity index (χ4n) is 1.56. The molecule has 2 atom stereocenters. The number of thioether (sulfide) groups is 1. The molecule has 0 aliphatic heterocycles. The van der Waals surface area contributed by atoms with E-state index in [2.05, 4.69) is 44.9 Å². The van der Waals surface area contributed by atoms with Crippen LogP contribution in [0.4, 0.5) is 0 Å². The molecule has 12 heavy (non-hydrogen) atoms. The molecule has 0 spiro atoms. The molecule has 0 aliphatic carbocycles. The van der Waals surface area contributed by atoms with Gasteiger partial charge in [0.15, 0.2) is 0 Å². The second-order valence-electron chi connectivity index (χ2n) is 3.09. The molecular weight excluding hydrogens is 166 g/mol. The summed E-state index contributed by atoms with van der Waals surface area (Å²) < 4.78 is 0. The average molecular weight is 189 g/mol. The molecule has 0 saturated heterocycles. The van der Waals surface area contributed by atoms with E-state index in [1.165, 1.54) is 25.0 Å². The van der Waals surface area contributed by atoms with E-state index in [9.17, 15) is 0 Å². The van der Waals surface area contributed by atoms with Gasteiger partial charge in [-0.1, -0.05) is 27.2 Å². The Morgan fingerprint density at radius 3 is 2.25 bits per heavy atom. The summed E-state index contributed by atoms with van der Waals surface area (Å²) >= 11 is 2.09. The zero-order valence-electron chi connectivity index (χ0n) is 8.89. The van der Waals surface area contributed by atoms with Crippen molar-refractivity contribution in [3.63, 3.8) is 0 Å². The van der Waals surface area contributed by atoms with Crippen molar-refractivity contribution in [2.24, 2.45) is 0 Å². The molecule has 0 saturated carbocycles. The first-order chi connectivity index (χ1) is 5.79. The van der Waals surface area contributed by atoms with Gasteiger partial charge in [-0.25, -0.2) is 0 Å². The molecule has 0 bridgehead atoms. The molecule has 2 unspecified atom stereocenters. The van der Waals surface area contributed by atoms with Crippen LogP contribution in [0.25, 0.3) is 0 Å². The Labute approximate surface area is 81.7 Å². The van der Waals surface area contributed by atoms with Crippen LogP contribution in [0.1, 0.15) is 40.0 Å². The summed E-state index contributed by atoms with van der Waals surface area (Å²) in [6.45, 7) is 6.78. The van der Waals surface area contributed by atoms with Crippen molar-refractivity contribution in [1.29, 1.82) is 0 Å². The standard InChI is InChI=1S/C10H23NS/c1-5-8-9(11-4)10(6-2)12-7-3/h9-11H,5-8H2,1-4H3. The SMILES string of the molecule is CCCC(NC)C(CC)SCC. The Hall–Kier alpha value is 0.310. The zero-order chi connectivity index (χ0) is 9.40. The molecule has 0 rings (SSSR count). The highest BCUT2D eigenvalue weighted by Crippen LogP contribution is 2.20. The highest BCUT2D eigenvalue weighted by atomic mass is 32.2. The van der Waals surface area contributed by atoms with Crippen LogP contribution in [0.2, 0.25) is 0 Å². The summed E-state index contributed by atoms with van der Waals surface area (Å²) in [5, 5.41) is 4.22. The van der Waals surface area contributed by atoms with Crippen molar-refractivity contribution < 1.29 is 0 Å². The molecule has 0 radical (unpaired) electrons. The minimum atomic E-state index is 0.713. The molecule has 0 aromatic carbocycles. The van der Waals surface area contributed by atoms with Crippen LogP contribution in [-0.4, -0.2) is 24.1 Å². The molecule has 1 N–H and O–H groups in total. The first-order valence-electron chi connectivity index (χ1n) is 5.08. The van der Waals surface area contributed by atoms with Gasteiger partial charge < -0.3 is 5.32 Å². The first kappa shape index (κ1) is 12.3. The van der Waals surface area contributed by atoms with Gasteiger partial charge in [0.2, 0.25) is 0 Å². The van der Waals surface area contributed by atoms with Crippen LogP contribution in [0.3, 0.4) is 0 Å². The van der Waals surface area contributed by atoms with Gasteiger partial charge in [-0.3, -0.25) is 0 Å². The topological polar surface area (TPSA) is 12.0 Å². The first-order valence-corrected chi connectivity index (χ1v) is 6.13. The van der Waals surface area contributed by atoms with Gasteiger partial charge in [0.25, 0.3) is 0 Å². The van der Waals surface area contributed by atoms with Crippen LogP contribution < -0.4 is 5.32 Å². The van der Waals surface area contributed by atoms with Crippen LogP contribution in [0.15, 0.2) is 0 Å². The van der Waals surface area contributed by atoms with E-state index < -0.39 is 0 Å². The lowest BCUT2D eigenvalue weighted by atomic mass is 10.1. The van der Waals surface area contributed by atoms with E-state index in [4.69, 9.17) is 0 Å². The maximum absolute atomic E-state index is 3.42. The normalized spacial score (nSPS) is 16.0. The fourth-order valence-corrected chi connectivity index (χ4v) is 2.73. The van der Waals surface area contributed by atoms with Crippen molar-refractivity contribution in [1.82, 2.24) is 5.32 Å². The highest BCUT2D eigenvalue weighted by Gasteiger charge is 2.16. The maximum atomic E-state index is 3.42. The molecule has 1 nitrogen and oxygen atoms in total. The fraction of sp³-hybridized carbons (Fsp3) is 1.00. The summed E-state index contributed by atoms with van der Waals surface area (Å²) in [7, 11) is 2.08. The molecule has 0 aromatic rings. The van der Waals surface area contributed by atoms with Crippen LogP contribution in [0.5, 0.6) is 0 Å². The molecule has 0 aromatic heterocycles. The van der Waals surface area contributed by atoms with Gasteiger partial charge in [-0.05, 0) is 25.6 Å². The van der Waals surface area contributed by atoms with E-state index in [-0.39, 0.29) is 0 Å². The lowest BCUT2D eigenvalue weighted by Gasteiger charge is -2.24. The molecule has 0 aliphatic rings. The average Bonchev–Trinajstić information content (AvgIpc) is 2.11. The van der Waals surface area contributed by atoms with Crippen molar-refractivity contribution in [3.8, 4) is 0 Å². The summed E-state index contributed by atoms with van der Waals surface area (Å²) in [5.74, 6) is 1.24. The minimum absolute atomic E-state index is 0.713. The zero-order valence-corrected chi connectivity index (χ0v) is 9.71. The molecule has 0 amide bonds. The lowest BCUT2D eigenvalue weighted by Crippen LogP contribution is -2.35. The van der Waals surface area contributed by atoms with E-state index in [1.807, 2.05) is 0 Å². The second-order valence-corrected chi connectivity index (χ2v) is 4.60. The van der Waals surface area contributed by atoms with Gasteiger partial charge in [0, 0.05) is 11.3 Å². The third kappa shape index (κ3) is 4.36. The summed E-state index contributed by atoms with van der Waals surface area (Å²) in [6.07, 6.45) is 3.87. The summed E-state index contributed by atoms with van der Waals surface area (Å²) in [4.78, 5) is 0. The quantitative estimate of drug-likeness (QED) is 0.661. The Morgan fingerprint density at radius 1 is 1.25 bits per heavy atom. The number of rotatable bonds is 7. The van der Waals surface area contributed by atoms with E-state index in [0.29, 0.717) is 6.04 Å². The number of nitrogens with one attached hydrogen (secondary N) is 1. The minimum Gasteiger partial charge on any atom is -0.316 e. The Morgan fingerprint density at radius 2 is 1.92 bits per heavy atom. The monoisotopic (exact) mass is 189 g/mol. The highest BCUT2D eigenvalue weighted by molar-refractivity contribution is 7.99.